The van der Waals surface area contributed by atoms with Crippen LogP contribution in [0.2, 0.25) is 0 Å². The largest absolute Gasteiger partial charge is 0.325 e. The number of hydrogen-bond acceptors (Lipinski definition) is 4. The summed E-state index contributed by atoms with van der Waals surface area (Å²) in [6.07, 6.45) is 2.84. The minimum absolute atomic E-state index is 0.00133. The lowest BCUT2D eigenvalue weighted by Crippen LogP contribution is -2.38. The molecular weight excluding hydrogens is 604 g/mol. The Labute approximate surface area is 286 Å². The fourth-order valence-electron chi connectivity index (χ4n) is 6.83. The second-order valence-corrected chi connectivity index (χ2v) is 12.4. The van der Waals surface area contributed by atoms with Gasteiger partial charge in [-0.25, -0.2) is 4.68 Å². The average Bonchev–Trinajstić information content (AvgIpc) is 3.51. The summed E-state index contributed by atoms with van der Waals surface area (Å²) in [5.41, 5.74) is 7.22. The third-order valence-electron chi connectivity index (χ3n) is 9.17. The number of aryl methyl sites for hydroxylation is 1. The van der Waals surface area contributed by atoms with E-state index in [2.05, 4.69) is 51.4 Å². The number of aromatic nitrogens is 3. The normalized spacial score (nSPS) is 12.0. The van der Waals surface area contributed by atoms with Crippen molar-refractivity contribution in [1.82, 2.24) is 14.8 Å². The molecule has 7 aromatic rings. The smallest absolute Gasteiger partial charge is 0.224 e. The number of fused-ring (bicyclic) bond motifs is 1. The summed E-state index contributed by atoms with van der Waals surface area (Å²) < 4.78 is 2.06. The Kier molecular flexibility index (Phi) is 8.69. The molecule has 2 heterocycles. The maximum Gasteiger partial charge on any atom is 0.224 e. The van der Waals surface area contributed by atoms with Gasteiger partial charge in [-0.05, 0) is 59.4 Å². The van der Waals surface area contributed by atoms with Gasteiger partial charge in [0.2, 0.25) is 5.91 Å². The Bertz CT molecular complexity index is 2130. The lowest BCUT2D eigenvalue weighted by molar-refractivity contribution is -0.116. The molecule has 0 bridgehead atoms. The van der Waals surface area contributed by atoms with Crippen molar-refractivity contribution in [3.05, 3.63) is 185 Å². The van der Waals surface area contributed by atoms with Crippen molar-refractivity contribution >= 4 is 28.8 Å². The SMILES string of the molecule is Cc1cc(-c2nn(C(c3ccccc3)(c3ccccc3)c3ccccc3)c3cc(NC(=O)CC(C)c4ccccc4)c(C=O)cc23)ccn1. The summed E-state index contributed by atoms with van der Waals surface area (Å²) in [5, 5.41) is 9.32. The van der Waals surface area contributed by atoms with Crippen molar-refractivity contribution < 1.29 is 9.59 Å². The molecule has 6 nitrogen and oxygen atoms in total. The van der Waals surface area contributed by atoms with E-state index in [1.807, 2.05) is 123 Å². The highest BCUT2D eigenvalue weighted by Gasteiger charge is 2.41. The maximum atomic E-state index is 13.6. The molecule has 0 spiro atoms. The highest BCUT2D eigenvalue weighted by atomic mass is 16.1. The van der Waals surface area contributed by atoms with Gasteiger partial charge in [-0.15, -0.1) is 0 Å². The molecule has 5 aromatic carbocycles. The molecule has 6 heteroatoms. The van der Waals surface area contributed by atoms with E-state index in [-0.39, 0.29) is 18.2 Å². The lowest BCUT2D eigenvalue weighted by Gasteiger charge is -2.37. The molecule has 0 saturated heterocycles. The fraction of sp³-hybridized carbons (Fsp3) is 0.116. The molecule has 0 aliphatic rings. The van der Waals surface area contributed by atoms with Gasteiger partial charge in [0.15, 0.2) is 6.29 Å². The second-order valence-electron chi connectivity index (χ2n) is 12.4. The Morgan fingerprint density at radius 2 is 1.33 bits per heavy atom. The van der Waals surface area contributed by atoms with Crippen molar-refractivity contribution in [3.63, 3.8) is 0 Å². The number of carbonyl (C=O) groups is 2. The van der Waals surface area contributed by atoms with E-state index in [1.54, 1.807) is 6.20 Å². The number of amides is 1. The van der Waals surface area contributed by atoms with E-state index in [4.69, 9.17) is 5.10 Å². The van der Waals surface area contributed by atoms with E-state index in [1.165, 1.54) is 0 Å². The van der Waals surface area contributed by atoms with Crippen LogP contribution in [-0.4, -0.2) is 27.0 Å². The predicted molar refractivity (Wildman–Crippen MR) is 196 cm³/mol. The molecular formula is C43H36N4O2. The van der Waals surface area contributed by atoms with Crippen molar-refractivity contribution in [2.75, 3.05) is 5.32 Å². The first-order valence-corrected chi connectivity index (χ1v) is 16.5. The monoisotopic (exact) mass is 640 g/mol. The predicted octanol–water partition coefficient (Wildman–Crippen LogP) is 9.19. The molecule has 0 fully saturated rings. The van der Waals surface area contributed by atoms with Crippen LogP contribution in [0.25, 0.3) is 22.2 Å². The third-order valence-corrected chi connectivity index (χ3v) is 9.17. The first-order chi connectivity index (χ1) is 24.0. The van der Waals surface area contributed by atoms with Gasteiger partial charge in [0.1, 0.15) is 11.2 Å². The number of carbonyl (C=O) groups excluding carboxylic acids is 2. The molecule has 1 amide bonds. The van der Waals surface area contributed by atoms with E-state index >= 15 is 0 Å². The molecule has 1 unspecified atom stereocenters. The molecule has 1 N–H and O–H groups in total. The van der Waals surface area contributed by atoms with Crippen molar-refractivity contribution in [2.24, 2.45) is 0 Å². The van der Waals surface area contributed by atoms with Gasteiger partial charge in [-0.1, -0.05) is 128 Å². The van der Waals surface area contributed by atoms with Crippen molar-refractivity contribution in [2.45, 2.75) is 31.7 Å². The summed E-state index contributed by atoms with van der Waals surface area (Å²) in [7, 11) is 0. The third kappa shape index (κ3) is 5.93. The molecule has 2 aromatic heterocycles. The summed E-state index contributed by atoms with van der Waals surface area (Å²) in [4.78, 5) is 30.7. The fourth-order valence-corrected chi connectivity index (χ4v) is 6.83. The van der Waals surface area contributed by atoms with Crippen molar-refractivity contribution in [3.8, 4) is 11.3 Å². The zero-order valence-corrected chi connectivity index (χ0v) is 27.5. The number of anilines is 1. The van der Waals surface area contributed by atoms with Gasteiger partial charge in [0.25, 0.3) is 0 Å². The molecule has 0 saturated carbocycles. The van der Waals surface area contributed by atoms with Crippen LogP contribution in [0.4, 0.5) is 5.69 Å². The van der Waals surface area contributed by atoms with E-state index in [0.29, 0.717) is 16.9 Å². The van der Waals surface area contributed by atoms with Crippen LogP contribution < -0.4 is 5.32 Å². The van der Waals surface area contributed by atoms with Crippen LogP contribution in [0.1, 0.15) is 57.6 Å². The number of rotatable bonds is 10. The molecule has 0 radical (unpaired) electrons. The Morgan fingerprint density at radius 3 is 1.86 bits per heavy atom. The van der Waals surface area contributed by atoms with Crippen LogP contribution in [0.3, 0.4) is 0 Å². The van der Waals surface area contributed by atoms with Crippen LogP contribution in [0.5, 0.6) is 0 Å². The maximum absolute atomic E-state index is 13.6. The first kappa shape index (κ1) is 31.5. The number of pyridine rings is 1. The summed E-state index contributed by atoms with van der Waals surface area (Å²) >= 11 is 0. The minimum atomic E-state index is -0.922. The zero-order valence-electron chi connectivity index (χ0n) is 27.5. The van der Waals surface area contributed by atoms with Crippen LogP contribution in [0.15, 0.2) is 152 Å². The topological polar surface area (TPSA) is 76.9 Å². The summed E-state index contributed by atoms with van der Waals surface area (Å²) in [6, 6.07) is 48.7. The molecule has 0 aliphatic heterocycles. The molecule has 0 aliphatic carbocycles. The van der Waals surface area contributed by atoms with Gasteiger partial charge < -0.3 is 5.32 Å². The number of benzene rings is 5. The average molecular weight is 641 g/mol. The highest BCUT2D eigenvalue weighted by molar-refractivity contribution is 6.04. The van der Waals surface area contributed by atoms with Crippen molar-refractivity contribution in [1.29, 1.82) is 0 Å². The van der Waals surface area contributed by atoms with Gasteiger partial charge in [0, 0.05) is 34.8 Å². The van der Waals surface area contributed by atoms with Gasteiger partial charge >= 0.3 is 0 Å². The number of aldehydes is 1. The second kappa shape index (κ2) is 13.5. The first-order valence-electron chi connectivity index (χ1n) is 16.5. The van der Waals surface area contributed by atoms with Crippen LogP contribution >= 0.6 is 0 Å². The number of hydrogen-bond donors (Lipinski definition) is 1. The molecule has 240 valence electrons. The number of nitrogens with one attached hydrogen (secondary N) is 1. The minimum Gasteiger partial charge on any atom is -0.325 e. The summed E-state index contributed by atoms with van der Waals surface area (Å²) in [5.74, 6) is -0.172. The van der Waals surface area contributed by atoms with E-state index in [0.717, 1.165) is 50.7 Å². The van der Waals surface area contributed by atoms with Crippen LogP contribution in [-0.2, 0) is 10.3 Å². The summed E-state index contributed by atoms with van der Waals surface area (Å²) in [6.45, 7) is 3.98. The van der Waals surface area contributed by atoms with Crippen LogP contribution in [0, 0.1) is 6.92 Å². The van der Waals surface area contributed by atoms with Gasteiger partial charge in [0.05, 0.1) is 11.2 Å². The highest BCUT2D eigenvalue weighted by Crippen LogP contribution is 2.44. The van der Waals surface area contributed by atoms with Gasteiger partial charge in [-0.2, -0.15) is 5.10 Å². The Hall–Kier alpha value is -6.14. The van der Waals surface area contributed by atoms with E-state index in [9.17, 15) is 9.59 Å². The molecule has 49 heavy (non-hydrogen) atoms. The zero-order chi connectivity index (χ0) is 33.8. The van der Waals surface area contributed by atoms with E-state index < -0.39 is 5.54 Å². The molecule has 1 atom stereocenters. The number of nitrogens with zero attached hydrogens (tertiary/aromatic N) is 3. The Morgan fingerprint density at radius 1 is 0.776 bits per heavy atom. The Balaban J connectivity index is 1.50. The standard InChI is InChI=1S/C43H36N4O2/c1-30(32-15-7-3-8-16-32)25-41(49)45-39-28-40-38(27-34(39)29-48)42(33-23-24-44-31(2)26-33)46-47(40)43(35-17-9-4-10-18-35,36-19-11-5-12-20-36)37-21-13-6-14-22-37/h3-24,26-30H,25H2,1-2H3,(H,45,49). The molecule has 7 rings (SSSR count). The van der Waals surface area contributed by atoms with Gasteiger partial charge in [-0.3, -0.25) is 14.6 Å². The lowest BCUT2D eigenvalue weighted by atomic mass is 9.77. The quantitative estimate of drug-likeness (QED) is 0.119.